The highest BCUT2D eigenvalue weighted by molar-refractivity contribution is 5.97. The lowest BCUT2D eigenvalue weighted by Crippen LogP contribution is -2.35. The molecule has 1 aromatic carbocycles. The van der Waals surface area contributed by atoms with Crippen molar-refractivity contribution in [3.63, 3.8) is 0 Å². The molecule has 23 heavy (non-hydrogen) atoms. The second kappa shape index (κ2) is 6.00. The number of hydrogen-bond acceptors (Lipinski definition) is 5. The summed E-state index contributed by atoms with van der Waals surface area (Å²) in [4.78, 5) is 14.4. The summed E-state index contributed by atoms with van der Waals surface area (Å²) in [6.07, 6.45) is 1.90. The number of rotatable bonds is 4. The number of nitrogens with zero attached hydrogens (tertiary/aromatic N) is 3. The Labute approximate surface area is 134 Å². The smallest absolute Gasteiger partial charge is 0.257 e. The molecule has 0 bridgehead atoms. The van der Waals surface area contributed by atoms with E-state index in [1.54, 1.807) is 23.1 Å². The minimum absolute atomic E-state index is 0.0189. The Balaban J connectivity index is 1.80. The van der Waals surface area contributed by atoms with Crippen LogP contribution < -0.4 is 4.74 Å². The Bertz CT molecular complexity index is 686. The van der Waals surface area contributed by atoms with Gasteiger partial charge in [-0.3, -0.25) is 4.79 Å². The van der Waals surface area contributed by atoms with Gasteiger partial charge in [0.1, 0.15) is 17.0 Å². The van der Waals surface area contributed by atoms with Crippen molar-refractivity contribution < 1.29 is 14.6 Å². The zero-order valence-corrected chi connectivity index (χ0v) is 13.2. The fourth-order valence-electron chi connectivity index (χ4n) is 2.77. The zero-order chi connectivity index (χ0) is 16.4. The molecule has 0 spiro atoms. The van der Waals surface area contributed by atoms with Gasteiger partial charge in [-0.05, 0) is 26.0 Å². The number of aliphatic hydroxyl groups is 1. The van der Waals surface area contributed by atoms with Gasteiger partial charge in [-0.1, -0.05) is 12.1 Å². The summed E-state index contributed by atoms with van der Waals surface area (Å²) in [5, 5.41) is 20.9. The van der Waals surface area contributed by atoms with Gasteiger partial charge in [0, 0.05) is 13.0 Å². The molecule has 1 amide bonds. The van der Waals surface area contributed by atoms with Crippen molar-refractivity contribution in [1.29, 1.82) is 0 Å². The lowest BCUT2D eigenvalue weighted by Gasteiger charge is -2.22. The molecule has 7 heteroatoms. The molecular formula is C16H20N4O3. The fourth-order valence-corrected chi connectivity index (χ4v) is 2.77. The quantitative estimate of drug-likeness (QED) is 0.888. The summed E-state index contributed by atoms with van der Waals surface area (Å²) in [6, 6.07) is 7.17. The number of likely N-dealkylation sites (tertiary alicyclic amines) is 1. The molecule has 1 aliphatic heterocycles. The van der Waals surface area contributed by atoms with Gasteiger partial charge in [-0.2, -0.15) is 15.4 Å². The van der Waals surface area contributed by atoms with Gasteiger partial charge in [0.15, 0.2) is 0 Å². The van der Waals surface area contributed by atoms with Crippen LogP contribution >= 0.6 is 0 Å². The number of para-hydroxylation sites is 1. The predicted octanol–water partition coefficient (Wildman–Crippen LogP) is 1.33. The second-order valence-corrected chi connectivity index (χ2v) is 6.03. The van der Waals surface area contributed by atoms with Crippen LogP contribution in [0.15, 0.2) is 30.5 Å². The van der Waals surface area contributed by atoms with Crippen LogP contribution in [0.4, 0.5) is 0 Å². The second-order valence-electron chi connectivity index (χ2n) is 6.03. The third-order valence-corrected chi connectivity index (χ3v) is 3.91. The predicted molar refractivity (Wildman–Crippen MR) is 83.0 cm³/mol. The summed E-state index contributed by atoms with van der Waals surface area (Å²) in [5.41, 5.74) is -0.193. The highest BCUT2D eigenvalue weighted by Crippen LogP contribution is 2.32. The van der Waals surface area contributed by atoms with Crippen molar-refractivity contribution in [3.8, 4) is 5.75 Å². The molecule has 0 unspecified atom stereocenters. The molecule has 1 aliphatic rings. The third kappa shape index (κ3) is 3.05. The van der Waals surface area contributed by atoms with Crippen LogP contribution in [0, 0.1) is 0 Å². The van der Waals surface area contributed by atoms with Crippen molar-refractivity contribution >= 4 is 5.91 Å². The number of aromatic nitrogens is 3. The number of β-amino-alcohol motifs (C(OH)–C–C–N with tert-alkyl or cyclic N) is 1. The lowest BCUT2D eigenvalue weighted by atomic mass is 10.00. The summed E-state index contributed by atoms with van der Waals surface area (Å²) in [5.74, 6) is 0.407. The van der Waals surface area contributed by atoms with E-state index in [4.69, 9.17) is 4.74 Å². The Morgan fingerprint density at radius 3 is 2.91 bits per heavy atom. The number of amides is 1. The fraction of sp³-hybridized carbons (Fsp3) is 0.438. The first kappa shape index (κ1) is 15.5. The summed E-state index contributed by atoms with van der Waals surface area (Å²) in [6.45, 7) is 4.48. The van der Waals surface area contributed by atoms with E-state index in [0.717, 1.165) is 0 Å². The average molecular weight is 316 g/mol. The minimum atomic E-state index is -1.16. The van der Waals surface area contributed by atoms with Crippen LogP contribution in [-0.2, 0) is 5.60 Å². The first-order valence-electron chi connectivity index (χ1n) is 7.63. The van der Waals surface area contributed by atoms with Gasteiger partial charge < -0.3 is 14.7 Å². The van der Waals surface area contributed by atoms with Crippen LogP contribution in [0.1, 0.15) is 36.3 Å². The van der Waals surface area contributed by atoms with E-state index in [1.165, 1.54) is 6.20 Å². The van der Waals surface area contributed by atoms with Crippen LogP contribution in [0.2, 0.25) is 0 Å². The molecule has 2 N–H and O–H groups in total. The number of nitrogens with one attached hydrogen (secondary N) is 1. The molecule has 0 aliphatic carbocycles. The monoisotopic (exact) mass is 316 g/mol. The number of H-pyrrole nitrogens is 1. The van der Waals surface area contributed by atoms with Crippen molar-refractivity contribution in [2.24, 2.45) is 0 Å². The zero-order valence-electron chi connectivity index (χ0n) is 13.2. The van der Waals surface area contributed by atoms with Gasteiger partial charge in [0.05, 0.1) is 24.4 Å². The molecule has 122 valence electrons. The van der Waals surface area contributed by atoms with Gasteiger partial charge in [0.25, 0.3) is 5.91 Å². The number of carbonyl (C=O) groups excluding carboxylic acids is 1. The van der Waals surface area contributed by atoms with Gasteiger partial charge in [0.2, 0.25) is 0 Å². The molecule has 1 atom stereocenters. The van der Waals surface area contributed by atoms with E-state index < -0.39 is 5.60 Å². The van der Waals surface area contributed by atoms with E-state index in [0.29, 0.717) is 30.0 Å². The van der Waals surface area contributed by atoms with Crippen molar-refractivity contribution in [2.45, 2.75) is 32.0 Å². The molecule has 1 aromatic heterocycles. The van der Waals surface area contributed by atoms with E-state index in [2.05, 4.69) is 15.4 Å². The molecular weight excluding hydrogens is 296 g/mol. The largest absolute Gasteiger partial charge is 0.490 e. The SMILES string of the molecule is CC(C)Oc1ccccc1C(=O)N1CC[C@](O)(c2cn[nH]n2)C1. The molecule has 7 nitrogen and oxygen atoms in total. The standard InChI is InChI=1S/C16H20N4O3/c1-11(2)23-13-6-4-3-5-12(13)15(21)20-8-7-16(22,10-20)14-9-17-19-18-14/h3-6,9,11,22H,7-8,10H2,1-2H3,(H,17,18,19)/t16-/m1/s1. The van der Waals surface area contributed by atoms with Crippen molar-refractivity contribution in [1.82, 2.24) is 20.3 Å². The minimum Gasteiger partial charge on any atom is -0.490 e. The van der Waals surface area contributed by atoms with Gasteiger partial charge in [-0.15, -0.1) is 0 Å². The molecule has 1 saturated heterocycles. The maximum atomic E-state index is 12.8. The summed E-state index contributed by atoms with van der Waals surface area (Å²) in [7, 11) is 0. The van der Waals surface area contributed by atoms with Crippen molar-refractivity contribution in [2.75, 3.05) is 13.1 Å². The highest BCUT2D eigenvalue weighted by atomic mass is 16.5. The number of carbonyl (C=O) groups is 1. The van der Waals surface area contributed by atoms with E-state index in [1.807, 2.05) is 19.9 Å². The molecule has 0 saturated carbocycles. The first-order chi connectivity index (χ1) is 11.0. The topological polar surface area (TPSA) is 91.3 Å². The maximum absolute atomic E-state index is 12.8. The Morgan fingerprint density at radius 1 is 1.43 bits per heavy atom. The molecule has 0 radical (unpaired) electrons. The van der Waals surface area contributed by atoms with Gasteiger partial charge in [-0.25, -0.2) is 0 Å². The van der Waals surface area contributed by atoms with E-state index >= 15 is 0 Å². The molecule has 3 rings (SSSR count). The normalized spacial score (nSPS) is 21.0. The van der Waals surface area contributed by atoms with Crippen LogP contribution in [0.5, 0.6) is 5.75 Å². The Morgan fingerprint density at radius 2 is 2.22 bits per heavy atom. The van der Waals surface area contributed by atoms with Crippen LogP contribution in [0.25, 0.3) is 0 Å². The number of aromatic amines is 1. The summed E-state index contributed by atoms with van der Waals surface area (Å²) >= 11 is 0. The third-order valence-electron chi connectivity index (χ3n) is 3.91. The molecule has 1 fully saturated rings. The first-order valence-corrected chi connectivity index (χ1v) is 7.63. The average Bonchev–Trinajstić information content (AvgIpc) is 3.17. The molecule has 2 heterocycles. The highest BCUT2D eigenvalue weighted by Gasteiger charge is 2.42. The number of benzene rings is 1. The van der Waals surface area contributed by atoms with Crippen molar-refractivity contribution in [3.05, 3.63) is 41.7 Å². The van der Waals surface area contributed by atoms with Crippen LogP contribution in [-0.4, -0.2) is 50.5 Å². The molecule has 2 aromatic rings. The number of hydrogen-bond donors (Lipinski definition) is 2. The summed E-state index contributed by atoms with van der Waals surface area (Å²) < 4.78 is 5.71. The van der Waals surface area contributed by atoms with Gasteiger partial charge >= 0.3 is 0 Å². The maximum Gasteiger partial charge on any atom is 0.257 e. The van der Waals surface area contributed by atoms with E-state index in [9.17, 15) is 9.90 Å². The number of ether oxygens (including phenoxy) is 1. The van der Waals surface area contributed by atoms with Crippen LogP contribution in [0.3, 0.4) is 0 Å². The van der Waals surface area contributed by atoms with E-state index in [-0.39, 0.29) is 18.6 Å². The Kier molecular flexibility index (Phi) is 4.04. The Hall–Kier alpha value is -2.41. The lowest BCUT2D eigenvalue weighted by molar-refractivity contribution is 0.0380.